The van der Waals surface area contributed by atoms with Crippen molar-refractivity contribution in [1.82, 2.24) is 5.32 Å². The quantitative estimate of drug-likeness (QED) is 0.800. The third kappa shape index (κ3) is 1.89. The SMILES string of the molecule is CNC(C)C1CCC(C)(C)c2ccccc21. The Morgan fingerprint density at radius 3 is 2.69 bits per heavy atom. The lowest BCUT2D eigenvalue weighted by molar-refractivity contribution is 0.352. The second-order valence-electron chi connectivity index (χ2n) is 5.69. The molecule has 1 aromatic rings. The summed E-state index contributed by atoms with van der Waals surface area (Å²) in [6.45, 7) is 7.03. The van der Waals surface area contributed by atoms with Crippen molar-refractivity contribution in [3.8, 4) is 0 Å². The molecule has 16 heavy (non-hydrogen) atoms. The standard InChI is InChI=1S/C15H23N/c1-11(16-4)12-9-10-15(2,3)14-8-6-5-7-13(12)14/h5-8,11-12,16H,9-10H2,1-4H3. The average molecular weight is 217 g/mol. The Labute approximate surface area is 99.3 Å². The molecule has 2 rings (SSSR count). The number of rotatable bonds is 2. The van der Waals surface area contributed by atoms with Gasteiger partial charge in [0.2, 0.25) is 0 Å². The van der Waals surface area contributed by atoms with Crippen molar-refractivity contribution in [2.45, 2.75) is 51.0 Å². The van der Waals surface area contributed by atoms with Gasteiger partial charge in [0.05, 0.1) is 0 Å². The van der Waals surface area contributed by atoms with Crippen LogP contribution >= 0.6 is 0 Å². The van der Waals surface area contributed by atoms with E-state index in [4.69, 9.17) is 0 Å². The van der Waals surface area contributed by atoms with E-state index in [0.717, 1.165) is 0 Å². The van der Waals surface area contributed by atoms with Crippen LogP contribution in [-0.2, 0) is 5.41 Å². The molecule has 1 heteroatoms. The van der Waals surface area contributed by atoms with Crippen molar-refractivity contribution in [3.63, 3.8) is 0 Å². The zero-order valence-electron chi connectivity index (χ0n) is 10.9. The molecule has 2 atom stereocenters. The largest absolute Gasteiger partial charge is 0.317 e. The van der Waals surface area contributed by atoms with Crippen molar-refractivity contribution < 1.29 is 0 Å². The third-order valence-corrected chi connectivity index (χ3v) is 4.23. The molecule has 0 spiro atoms. The summed E-state index contributed by atoms with van der Waals surface area (Å²) in [7, 11) is 2.06. The van der Waals surface area contributed by atoms with Crippen molar-refractivity contribution in [1.29, 1.82) is 0 Å². The number of benzene rings is 1. The maximum Gasteiger partial charge on any atom is 0.0105 e. The number of hydrogen-bond donors (Lipinski definition) is 1. The lowest BCUT2D eigenvalue weighted by Gasteiger charge is -2.39. The molecule has 0 aromatic heterocycles. The summed E-state index contributed by atoms with van der Waals surface area (Å²) in [5.41, 5.74) is 3.45. The van der Waals surface area contributed by atoms with Crippen LogP contribution in [0, 0.1) is 0 Å². The lowest BCUT2D eigenvalue weighted by atomic mass is 9.67. The Hall–Kier alpha value is -0.820. The van der Waals surface area contributed by atoms with Gasteiger partial charge in [-0.15, -0.1) is 0 Å². The van der Waals surface area contributed by atoms with Gasteiger partial charge >= 0.3 is 0 Å². The predicted octanol–water partition coefficient (Wildman–Crippen LogP) is 3.45. The normalized spacial score (nSPS) is 24.9. The van der Waals surface area contributed by atoms with Crippen molar-refractivity contribution in [2.75, 3.05) is 7.05 Å². The molecule has 1 aromatic carbocycles. The highest BCUT2D eigenvalue weighted by Gasteiger charge is 2.33. The fourth-order valence-corrected chi connectivity index (χ4v) is 2.96. The van der Waals surface area contributed by atoms with E-state index >= 15 is 0 Å². The van der Waals surface area contributed by atoms with Crippen LogP contribution in [0.3, 0.4) is 0 Å². The van der Waals surface area contributed by atoms with Crippen molar-refractivity contribution in [3.05, 3.63) is 35.4 Å². The minimum atomic E-state index is 0.348. The van der Waals surface area contributed by atoms with E-state index < -0.39 is 0 Å². The maximum absolute atomic E-state index is 3.40. The minimum Gasteiger partial charge on any atom is -0.317 e. The second kappa shape index (κ2) is 4.21. The molecule has 0 fully saturated rings. The lowest BCUT2D eigenvalue weighted by Crippen LogP contribution is -2.35. The van der Waals surface area contributed by atoms with E-state index in [0.29, 0.717) is 17.4 Å². The van der Waals surface area contributed by atoms with Gasteiger partial charge in [0.25, 0.3) is 0 Å². The Kier molecular flexibility index (Phi) is 3.07. The van der Waals surface area contributed by atoms with Crippen LogP contribution in [0.5, 0.6) is 0 Å². The molecular weight excluding hydrogens is 194 g/mol. The summed E-state index contributed by atoms with van der Waals surface area (Å²) in [6, 6.07) is 9.54. The average Bonchev–Trinajstić information content (AvgIpc) is 2.28. The van der Waals surface area contributed by atoms with Crippen LogP contribution < -0.4 is 5.32 Å². The van der Waals surface area contributed by atoms with Gasteiger partial charge in [0.15, 0.2) is 0 Å². The van der Waals surface area contributed by atoms with E-state index in [1.807, 2.05) is 0 Å². The number of hydrogen-bond acceptors (Lipinski definition) is 1. The molecule has 88 valence electrons. The first kappa shape index (κ1) is 11.7. The molecule has 0 aliphatic heterocycles. The van der Waals surface area contributed by atoms with Gasteiger partial charge in [-0.25, -0.2) is 0 Å². The Morgan fingerprint density at radius 2 is 2.00 bits per heavy atom. The molecule has 1 aliphatic carbocycles. The minimum absolute atomic E-state index is 0.348. The molecule has 0 saturated heterocycles. The molecule has 0 bridgehead atoms. The van der Waals surface area contributed by atoms with Crippen LogP contribution in [0.1, 0.15) is 50.7 Å². The van der Waals surface area contributed by atoms with Crippen LogP contribution in [0.4, 0.5) is 0 Å². The highest BCUT2D eigenvalue weighted by molar-refractivity contribution is 5.39. The van der Waals surface area contributed by atoms with Crippen LogP contribution in [0.15, 0.2) is 24.3 Å². The molecule has 0 amide bonds. The zero-order valence-corrected chi connectivity index (χ0v) is 10.9. The smallest absolute Gasteiger partial charge is 0.0105 e. The molecule has 0 saturated carbocycles. The summed E-state index contributed by atoms with van der Waals surface area (Å²) in [5, 5.41) is 3.40. The van der Waals surface area contributed by atoms with Crippen LogP contribution in [0.25, 0.3) is 0 Å². The summed E-state index contributed by atoms with van der Waals surface area (Å²) in [5.74, 6) is 0.675. The van der Waals surface area contributed by atoms with Gasteiger partial charge < -0.3 is 5.32 Å². The van der Waals surface area contributed by atoms with E-state index in [2.05, 4.69) is 57.4 Å². The van der Waals surface area contributed by atoms with E-state index in [-0.39, 0.29) is 0 Å². The van der Waals surface area contributed by atoms with Gasteiger partial charge in [0.1, 0.15) is 0 Å². The topological polar surface area (TPSA) is 12.0 Å². The zero-order chi connectivity index (χ0) is 11.8. The number of likely N-dealkylation sites (N-methyl/N-ethyl adjacent to an activating group) is 1. The monoisotopic (exact) mass is 217 g/mol. The predicted molar refractivity (Wildman–Crippen MR) is 70.0 cm³/mol. The Bertz CT molecular complexity index is 367. The summed E-state index contributed by atoms with van der Waals surface area (Å²) in [4.78, 5) is 0. The fourth-order valence-electron chi connectivity index (χ4n) is 2.96. The number of nitrogens with one attached hydrogen (secondary N) is 1. The van der Waals surface area contributed by atoms with Gasteiger partial charge in [0, 0.05) is 6.04 Å². The second-order valence-corrected chi connectivity index (χ2v) is 5.69. The molecular formula is C15H23N. The first-order chi connectivity index (χ1) is 7.56. The van der Waals surface area contributed by atoms with Crippen molar-refractivity contribution in [2.24, 2.45) is 0 Å². The first-order valence-corrected chi connectivity index (χ1v) is 6.33. The molecule has 1 nitrogen and oxygen atoms in total. The van der Waals surface area contributed by atoms with Crippen LogP contribution in [0.2, 0.25) is 0 Å². The van der Waals surface area contributed by atoms with Gasteiger partial charge in [-0.05, 0) is 49.3 Å². The van der Waals surface area contributed by atoms with Crippen molar-refractivity contribution >= 4 is 0 Å². The fraction of sp³-hybridized carbons (Fsp3) is 0.600. The van der Waals surface area contributed by atoms with E-state index in [1.54, 1.807) is 11.1 Å². The van der Waals surface area contributed by atoms with E-state index in [9.17, 15) is 0 Å². The van der Waals surface area contributed by atoms with Gasteiger partial charge in [-0.2, -0.15) is 0 Å². The summed E-state index contributed by atoms with van der Waals surface area (Å²) in [6.07, 6.45) is 2.59. The summed E-state index contributed by atoms with van der Waals surface area (Å²) >= 11 is 0. The van der Waals surface area contributed by atoms with Gasteiger partial charge in [-0.3, -0.25) is 0 Å². The number of fused-ring (bicyclic) bond motifs is 1. The molecule has 0 heterocycles. The summed E-state index contributed by atoms with van der Waals surface area (Å²) < 4.78 is 0. The molecule has 1 N–H and O–H groups in total. The van der Waals surface area contributed by atoms with Crippen LogP contribution in [-0.4, -0.2) is 13.1 Å². The Morgan fingerprint density at radius 1 is 1.31 bits per heavy atom. The van der Waals surface area contributed by atoms with Gasteiger partial charge in [-0.1, -0.05) is 38.1 Å². The molecule has 2 unspecified atom stereocenters. The Balaban J connectivity index is 2.43. The van der Waals surface area contributed by atoms with E-state index in [1.165, 1.54) is 12.8 Å². The first-order valence-electron chi connectivity index (χ1n) is 6.33. The maximum atomic E-state index is 3.40. The highest BCUT2D eigenvalue weighted by Crippen LogP contribution is 2.43. The molecule has 1 aliphatic rings. The molecule has 0 radical (unpaired) electrons. The third-order valence-electron chi connectivity index (χ3n) is 4.23. The highest BCUT2D eigenvalue weighted by atomic mass is 14.9.